The van der Waals surface area contributed by atoms with E-state index in [9.17, 15) is 4.79 Å². The van der Waals surface area contributed by atoms with Gasteiger partial charge in [-0.05, 0) is 26.0 Å². The second-order valence-corrected chi connectivity index (χ2v) is 4.98. The summed E-state index contributed by atoms with van der Waals surface area (Å²) < 4.78 is 0. The number of amides is 1. The molecule has 19 heavy (non-hydrogen) atoms. The van der Waals surface area contributed by atoms with Crippen molar-refractivity contribution in [3.8, 4) is 11.1 Å². The van der Waals surface area contributed by atoms with Crippen LogP contribution in [0.15, 0.2) is 42.7 Å². The van der Waals surface area contributed by atoms with Crippen molar-refractivity contribution in [3.63, 3.8) is 0 Å². The standard InChI is InChI=1S/C15H15ClN2O/c1-10(2)18-15(19)12-7-11(8-17-9-12)13-5-3-4-6-14(13)16/h3-10H,1-2H3,(H,18,19). The average Bonchev–Trinajstić information content (AvgIpc) is 2.38. The molecule has 0 unspecified atom stereocenters. The number of pyridine rings is 1. The van der Waals surface area contributed by atoms with Crippen LogP contribution in [0.1, 0.15) is 24.2 Å². The van der Waals surface area contributed by atoms with E-state index in [1.165, 1.54) is 0 Å². The Hall–Kier alpha value is -1.87. The zero-order valence-corrected chi connectivity index (χ0v) is 11.6. The lowest BCUT2D eigenvalue weighted by Gasteiger charge is -2.09. The third kappa shape index (κ3) is 3.32. The van der Waals surface area contributed by atoms with Crippen molar-refractivity contribution in [3.05, 3.63) is 53.3 Å². The molecule has 0 fully saturated rings. The molecule has 4 heteroatoms. The van der Waals surface area contributed by atoms with Crippen LogP contribution in [-0.2, 0) is 0 Å². The molecule has 1 N–H and O–H groups in total. The topological polar surface area (TPSA) is 42.0 Å². The van der Waals surface area contributed by atoms with E-state index in [1.54, 1.807) is 18.5 Å². The van der Waals surface area contributed by atoms with Gasteiger partial charge in [0, 0.05) is 34.6 Å². The largest absolute Gasteiger partial charge is 0.350 e. The number of nitrogens with one attached hydrogen (secondary N) is 1. The van der Waals surface area contributed by atoms with Crippen LogP contribution >= 0.6 is 11.6 Å². The molecular weight excluding hydrogens is 260 g/mol. The summed E-state index contributed by atoms with van der Waals surface area (Å²) in [5, 5.41) is 3.48. The fraction of sp³-hybridized carbons (Fsp3) is 0.200. The zero-order valence-electron chi connectivity index (χ0n) is 10.9. The molecule has 0 radical (unpaired) electrons. The predicted molar refractivity (Wildman–Crippen MR) is 77.3 cm³/mol. The fourth-order valence-electron chi connectivity index (χ4n) is 1.75. The molecule has 0 bridgehead atoms. The predicted octanol–water partition coefficient (Wildman–Crippen LogP) is 3.54. The smallest absolute Gasteiger partial charge is 0.253 e. The van der Waals surface area contributed by atoms with Gasteiger partial charge in [-0.25, -0.2) is 0 Å². The van der Waals surface area contributed by atoms with Gasteiger partial charge in [0.1, 0.15) is 0 Å². The Balaban J connectivity index is 2.35. The minimum absolute atomic E-state index is 0.0940. The summed E-state index contributed by atoms with van der Waals surface area (Å²) in [4.78, 5) is 16.1. The van der Waals surface area contributed by atoms with E-state index >= 15 is 0 Å². The lowest BCUT2D eigenvalue weighted by Crippen LogP contribution is -2.30. The van der Waals surface area contributed by atoms with E-state index in [0.29, 0.717) is 10.6 Å². The molecule has 1 aromatic heterocycles. The van der Waals surface area contributed by atoms with Crippen molar-refractivity contribution in [1.82, 2.24) is 10.3 Å². The maximum atomic E-state index is 11.9. The summed E-state index contributed by atoms with van der Waals surface area (Å²) in [7, 11) is 0. The number of halogens is 1. The molecule has 0 aliphatic carbocycles. The van der Waals surface area contributed by atoms with Crippen LogP contribution < -0.4 is 5.32 Å². The number of rotatable bonds is 3. The molecule has 2 aromatic rings. The van der Waals surface area contributed by atoms with E-state index in [1.807, 2.05) is 38.1 Å². The minimum Gasteiger partial charge on any atom is -0.350 e. The molecule has 0 aliphatic heterocycles. The molecule has 98 valence electrons. The summed E-state index contributed by atoms with van der Waals surface area (Å²) in [6.07, 6.45) is 3.26. The van der Waals surface area contributed by atoms with Crippen molar-refractivity contribution in [2.24, 2.45) is 0 Å². The third-order valence-corrected chi connectivity index (χ3v) is 2.93. The van der Waals surface area contributed by atoms with Gasteiger partial charge in [0.05, 0.1) is 5.56 Å². The van der Waals surface area contributed by atoms with Crippen LogP contribution in [0, 0.1) is 0 Å². The second-order valence-electron chi connectivity index (χ2n) is 4.57. The summed E-state index contributed by atoms with van der Waals surface area (Å²) in [5.74, 6) is -0.128. The van der Waals surface area contributed by atoms with Crippen LogP contribution in [0.5, 0.6) is 0 Å². The summed E-state index contributed by atoms with van der Waals surface area (Å²) in [6, 6.07) is 9.39. The normalized spacial score (nSPS) is 10.5. The monoisotopic (exact) mass is 274 g/mol. The highest BCUT2D eigenvalue weighted by molar-refractivity contribution is 6.33. The molecule has 1 aromatic carbocycles. The maximum absolute atomic E-state index is 11.9. The van der Waals surface area contributed by atoms with Gasteiger partial charge in [-0.3, -0.25) is 9.78 Å². The van der Waals surface area contributed by atoms with E-state index in [4.69, 9.17) is 11.6 Å². The quantitative estimate of drug-likeness (QED) is 0.930. The Labute approximate surface area is 117 Å². The van der Waals surface area contributed by atoms with Gasteiger partial charge in [0.25, 0.3) is 5.91 Å². The van der Waals surface area contributed by atoms with E-state index < -0.39 is 0 Å². The van der Waals surface area contributed by atoms with E-state index in [2.05, 4.69) is 10.3 Å². The number of aromatic nitrogens is 1. The third-order valence-electron chi connectivity index (χ3n) is 2.61. The first kappa shape index (κ1) is 13.6. The molecule has 1 amide bonds. The molecule has 0 saturated carbocycles. The van der Waals surface area contributed by atoms with Gasteiger partial charge in [0.2, 0.25) is 0 Å². The van der Waals surface area contributed by atoms with Crippen molar-refractivity contribution in [2.45, 2.75) is 19.9 Å². The first-order chi connectivity index (χ1) is 9.08. The highest BCUT2D eigenvalue weighted by Crippen LogP contribution is 2.27. The van der Waals surface area contributed by atoms with Crippen LogP contribution in [0.2, 0.25) is 5.02 Å². The molecule has 0 aliphatic rings. The van der Waals surface area contributed by atoms with Crippen LogP contribution in [-0.4, -0.2) is 16.9 Å². The van der Waals surface area contributed by atoms with Gasteiger partial charge in [-0.15, -0.1) is 0 Å². The average molecular weight is 275 g/mol. The molecule has 1 heterocycles. The van der Waals surface area contributed by atoms with Gasteiger partial charge >= 0.3 is 0 Å². The summed E-state index contributed by atoms with van der Waals surface area (Å²) in [5.41, 5.74) is 2.24. The molecular formula is C15H15ClN2O. The van der Waals surface area contributed by atoms with Gasteiger partial charge in [-0.2, -0.15) is 0 Å². The number of hydrogen-bond acceptors (Lipinski definition) is 2. The first-order valence-corrected chi connectivity index (χ1v) is 6.46. The first-order valence-electron chi connectivity index (χ1n) is 6.08. The van der Waals surface area contributed by atoms with Gasteiger partial charge < -0.3 is 5.32 Å². The van der Waals surface area contributed by atoms with Crippen molar-refractivity contribution < 1.29 is 4.79 Å². The number of hydrogen-bond donors (Lipinski definition) is 1. The number of nitrogens with zero attached hydrogens (tertiary/aromatic N) is 1. The fourth-order valence-corrected chi connectivity index (χ4v) is 2.00. The number of carbonyl (C=O) groups is 1. The van der Waals surface area contributed by atoms with Crippen molar-refractivity contribution in [1.29, 1.82) is 0 Å². The van der Waals surface area contributed by atoms with Crippen LogP contribution in [0.4, 0.5) is 0 Å². The van der Waals surface area contributed by atoms with Gasteiger partial charge in [0.15, 0.2) is 0 Å². The highest BCUT2D eigenvalue weighted by Gasteiger charge is 2.10. The lowest BCUT2D eigenvalue weighted by molar-refractivity contribution is 0.0943. The Morgan fingerprint density at radius 3 is 2.68 bits per heavy atom. The summed E-state index contributed by atoms with van der Waals surface area (Å²) in [6.45, 7) is 3.84. The molecule has 2 rings (SSSR count). The Morgan fingerprint density at radius 2 is 2.00 bits per heavy atom. The Morgan fingerprint density at radius 1 is 1.26 bits per heavy atom. The number of benzene rings is 1. The Kier molecular flexibility index (Phi) is 4.17. The van der Waals surface area contributed by atoms with E-state index in [0.717, 1.165) is 11.1 Å². The summed E-state index contributed by atoms with van der Waals surface area (Å²) >= 11 is 6.15. The van der Waals surface area contributed by atoms with Crippen LogP contribution in [0.3, 0.4) is 0 Å². The SMILES string of the molecule is CC(C)NC(=O)c1cncc(-c2ccccc2Cl)c1. The highest BCUT2D eigenvalue weighted by atomic mass is 35.5. The Bertz CT molecular complexity index is 596. The van der Waals surface area contributed by atoms with Crippen LogP contribution in [0.25, 0.3) is 11.1 Å². The van der Waals surface area contributed by atoms with E-state index in [-0.39, 0.29) is 11.9 Å². The van der Waals surface area contributed by atoms with Gasteiger partial charge in [-0.1, -0.05) is 29.8 Å². The molecule has 0 saturated heterocycles. The number of carbonyl (C=O) groups excluding carboxylic acids is 1. The molecule has 3 nitrogen and oxygen atoms in total. The lowest BCUT2D eigenvalue weighted by atomic mass is 10.1. The minimum atomic E-state index is -0.128. The molecule has 0 atom stereocenters. The molecule has 0 spiro atoms. The zero-order chi connectivity index (χ0) is 13.8. The van der Waals surface area contributed by atoms with Crippen molar-refractivity contribution >= 4 is 17.5 Å². The maximum Gasteiger partial charge on any atom is 0.253 e. The second kappa shape index (κ2) is 5.85. The van der Waals surface area contributed by atoms with Crippen molar-refractivity contribution in [2.75, 3.05) is 0 Å².